The SMILES string of the molecule is CC(C)(C)OC(=O)N1CCC(CCNC(C(=O)NCc2ccncc2)c2ccc3c(c2)OCO3)C1. The highest BCUT2D eigenvalue weighted by Gasteiger charge is 2.30. The average Bonchev–Trinajstić information content (AvgIpc) is 3.49. The van der Waals surface area contributed by atoms with E-state index < -0.39 is 11.6 Å². The number of carbonyl (C=O) groups excluding carboxylic acids is 2. The van der Waals surface area contributed by atoms with Crippen molar-refractivity contribution < 1.29 is 23.8 Å². The summed E-state index contributed by atoms with van der Waals surface area (Å²) < 4.78 is 16.4. The van der Waals surface area contributed by atoms with Gasteiger partial charge in [0, 0.05) is 32.0 Å². The van der Waals surface area contributed by atoms with Gasteiger partial charge in [0.2, 0.25) is 12.7 Å². The lowest BCUT2D eigenvalue weighted by atomic mass is 10.0. The van der Waals surface area contributed by atoms with E-state index in [1.54, 1.807) is 17.3 Å². The molecule has 1 fully saturated rings. The van der Waals surface area contributed by atoms with Gasteiger partial charge >= 0.3 is 6.09 Å². The van der Waals surface area contributed by atoms with Gasteiger partial charge in [-0.1, -0.05) is 6.07 Å². The number of likely N-dealkylation sites (tertiary alicyclic amines) is 1. The number of nitrogens with one attached hydrogen (secondary N) is 2. The summed E-state index contributed by atoms with van der Waals surface area (Å²) in [4.78, 5) is 31.3. The van der Waals surface area contributed by atoms with Gasteiger partial charge in [0.15, 0.2) is 11.5 Å². The molecule has 9 heteroatoms. The molecule has 0 spiro atoms. The normalized spacial score (nSPS) is 17.8. The highest BCUT2D eigenvalue weighted by molar-refractivity contribution is 5.83. The number of pyridine rings is 1. The lowest BCUT2D eigenvalue weighted by Crippen LogP contribution is -2.38. The van der Waals surface area contributed by atoms with Crippen LogP contribution in [0.25, 0.3) is 0 Å². The Morgan fingerprint density at radius 3 is 2.71 bits per heavy atom. The van der Waals surface area contributed by atoms with Crippen LogP contribution in [0.1, 0.15) is 50.8 Å². The minimum Gasteiger partial charge on any atom is -0.454 e. The third kappa shape index (κ3) is 6.85. The van der Waals surface area contributed by atoms with Gasteiger partial charge in [0.25, 0.3) is 0 Å². The first-order chi connectivity index (χ1) is 16.8. The minimum atomic E-state index is -0.547. The van der Waals surface area contributed by atoms with Gasteiger partial charge in [-0.3, -0.25) is 9.78 Å². The Hall–Kier alpha value is -3.33. The molecule has 188 valence electrons. The molecule has 1 aromatic carbocycles. The third-order valence-corrected chi connectivity index (χ3v) is 6.05. The molecule has 2 amide bonds. The Morgan fingerprint density at radius 2 is 1.94 bits per heavy atom. The number of benzene rings is 1. The van der Waals surface area contributed by atoms with Crippen LogP contribution in [0.4, 0.5) is 4.79 Å². The Bertz CT molecular complexity index is 1020. The van der Waals surface area contributed by atoms with Crippen LogP contribution in [0.15, 0.2) is 42.7 Å². The standard InChI is InChI=1S/C26H34N4O5/c1-26(2,3)35-25(32)30-13-9-19(16-30)8-12-28-23(20-4-5-21-22(14-20)34-17-33-21)24(31)29-15-18-6-10-27-11-7-18/h4-7,10-11,14,19,23,28H,8-9,12-13,15-17H2,1-3H3,(H,29,31). The molecule has 2 aliphatic rings. The first-order valence-electron chi connectivity index (χ1n) is 12.1. The molecular weight excluding hydrogens is 448 g/mol. The predicted molar refractivity (Wildman–Crippen MR) is 130 cm³/mol. The molecule has 3 heterocycles. The second-order valence-corrected chi connectivity index (χ2v) is 9.94. The Morgan fingerprint density at radius 1 is 1.17 bits per heavy atom. The van der Waals surface area contributed by atoms with Crippen LogP contribution in [-0.4, -0.2) is 53.9 Å². The van der Waals surface area contributed by atoms with Gasteiger partial charge in [0.05, 0.1) is 0 Å². The van der Waals surface area contributed by atoms with Crippen LogP contribution in [0.3, 0.4) is 0 Å². The van der Waals surface area contributed by atoms with Crippen molar-refractivity contribution in [2.75, 3.05) is 26.4 Å². The monoisotopic (exact) mass is 482 g/mol. The van der Waals surface area contributed by atoms with Crippen molar-refractivity contribution in [3.8, 4) is 11.5 Å². The Kier molecular flexibility index (Phi) is 7.75. The number of rotatable bonds is 8. The molecule has 0 saturated carbocycles. The van der Waals surface area contributed by atoms with E-state index >= 15 is 0 Å². The summed E-state index contributed by atoms with van der Waals surface area (Å²) in [6.45, 7) is 8.21. The van der Waals surface area contributed by atoms with Crippen molar-refractivity contribution >= 4 is 12.0 Å². The van der Waals surface area contributed by atoms with Gasteiger partial charge < -0.3 is 29.7 Å². The number of hydrogen-bond acceptors (Lipinski definition) is 7. The van der Waals surface area contributed by atoms with Crippen LogP contribution in [0.5, 0.6) is 11.5 Å². The lowest BCUT2D eigenvalue weighted by molar-refractivity contribution is -0.123. The summed E-state index contributed by atoms with van der Waals surface area (Å²) in [5.74, 6) is 1.55. The molecule has 4 rings (SSSR count). The van der Waals surface area contributed by atoms with Gasteiger partial charge in [-0.25, -0.2) is 4.79 Å². The molecule has 9 nitrogen and oxygen atoms in total. The molecule has 1 saturated heterocycles. The lowest BCUT2D eigenvalue weighted by Gasteiger charge is -2.24. The smallest absolute Gasteiger partial charge is 0.410 e. The predicted octanol–water partition coefficient (Wildman–Crippen LogP) is 3.40. The zero-order valence-electron chi connectivity index (χ0n) is 20.6. The summed E-state index contributed by atoms with van der Waals surface area (Å²) in [6, 6.07) is 8.77. The van der Waals surface area contributed by atoms with E-state index in [2.05, 4.69) is 15.6 Å². The zero-order valence-corrected chi connectivity index (χ0v) is 20.6. The fourth-order valence-electron chi connectivity index (χ4n) is 4.24. The summed E-state index contributed by atoms with van der Waals surface area (Å²) in [6.07, 6.45) is 4.91. The van der Waals surface area contributed by atoms with Crippen molar-refractivity contribution in [1.82, 2.24) is 20.5 Å². The van der Waals surface area contributed by atoms with Crippen LogP contribution in [0.2, 0.25) is 0 Å². The molecule has 35 heavy (non-hydrogen) atoms. The van der Waals surface area contributed by atoms with Crippen molar-refractivity contribution in [2.45, 2.75) is 51.8 Å². The fraction of sp³-hybridized carbons (Fsp3) is 0.500. The molecule has 2 aliphatic heterocycles. The minimum absolute atomic E-state index is 0.123. The number of nitrogens with zero attached hydrogens (tertiary/aromatic N) is 2. The largest absolute Gasteiger partial charge is 0.454 e. The molecule has 2 N–H and O–H groups in total. The molecule has 0 radical (unpaired) electrons. The Labute approximate surface area is 206 Å². The van der Waals surface area contributed by atoms with Crippen LogP contribution < -0.4 is 20.1 Å². The maximum Gasteiger partial charge on any atom is 0.410 e. The molecule has 1 aromatic heterocycles. The number of amides is 2. The first kappa shape index (κ1) is 24.8. The first-order valence-corrected chi connectivity index (χ1v) is 12.1. The summed E-state index contributed by atoms with van der Waals surface area (Å²) in [7, 11) is 0. The topological polar surface area (TPSA) is 102 Å². The van der Waals surface area contributed by atoms with Crippen LogP contribution >= 0.6 is 0 Å². The van der Waals surface area contributed by atoms with Crippen molar-refractivity contribution in [1.29, 1.82) is 0 Å². The molecule has 0 aliphatic carbocycles. The molecule has 2 aromatic rings. The van der Waals surface area contributed by atoms with E-state index in [1.807, 2.05) is 51.1 Å². The second-order valence-electron chi connectivity index (χ2n) is 9.94. The van der Waals surface area contributed by atoms with Gasteiger partial charge in [-0.05, 0) is 81.5 Å². The number of carbonyl (C=O) groups is 2. The van der Waals surface area contributed by atoms with Crippen molar-refractivity contribution in [3.05, 3.63) is 53.9 Å². The highest BCUT2D eigenvalue weighted by atomic mass is 16.7. The van der Waals surface area contributed by atoms with Crippen LogP contribution in [-0.2, 0) is 16.1 Å². The summed E-state index contributed by atoms with van der Waals surface area (Å²) in [5.41, 5.74) is 1.28. The number of hydrogen-bond donors (Lipinski definition) is 2. The summed E-state index contributed by atoms with van der Waals surface area (Å²) in [5, 5.41) is 6.43. The molecule has 2 atom stereocenters. The molecule has 2 unspecified atom stereocenters. The van der Waals surface area contributed by atoms with Gasteiger partial charge in [-0.15, -0.1) is 0 Å². The summed E-state index contributed by atoms with van der Waals surface area (Å²) >= 11 is 0. The highest BCUT2D eigenvalue weighted by Crippen LogP contribution is 2.34. The van der Waals surface area contributed by atoms with Gasteiger partial charge in [-0.2, -0.15) is 0 Å². The number of fused-ring (bicyclic) bond motifs is 1. The van der Waals surface area contributed by atoms with E-state index in [1.165, 1.54) is 0 Å². The maximum atomic E-state index is 13.2. The number of aromatic nitrogens is 1. The van der Waals surface area contributed by atoms with E-state index in [4.69, 9.17) is 14.2 Å². The average molecular weight is 483 g/mol. The molecule has 0 bridgehead atoms. The van der Waals surface area contributed by atoms with Crippen LogP contribution in [0, 0.1) is 5.92 Å². The van der Waals surface area contributed by atoms with Crippen molar-refractivity contribution in [3.63, 3.8) is 0 Å². The second kappa shape index (κ2) is 10.9. The quantitative estimate of drug-likeness (QED) is 0.595. The van der Waals surface area contributed by atoms with Crippen molar-refractivity contribution in [2.24, 2.45) is 5.92 Å². The number of ether oxygens (including phenoxy) is 3. The van der Waals surface area contributed by atoms with E-state index in [0.29, 0.717) is 43.6 Å². The van der Waals surface area contributed by atoms with E-state index in [-0.39, 0.29) is 18.8 Å². The maximum absolute atomic E-state index is 13.2. The van der Waals surface area contributed by atoms with Gasteiger partial charge in [0.1, 0.15) is 11.6 Å². The van der Waals surface area contributed by atoms with E-state index in [9.17, 15) is 9.59 Å². The fourth-order valence-corrected chi connectivity index (χ4v) is 4.24. The third-order valence-electron chi connectivity index (χ3n) is 6.05. The zero-order chi connectivity index (χ0) is 24.8. The van der Waals surface area contributed by atoms with E-state index in [0.717, 1.165) is 24.0 Å². The Balaban J connectivity index is 1.35. The molecular formula is C26H34N4O5.